The van der Waals surface area contributed by atoms with Gasteiger partial charge in [0.05, 0.1) is 18.7 Å². The first-order chi connectivity index (χ1) is 11.6. The molecule has 0 saturated heterocycles. The predicted molar refractivity (Wildman–Crippen MR) is 97.0 cm³/mol. The Morgan fingerprint density at radius 3 is 1.67 bits per heavy atom. The molecule has 0 saturated carbocycles. The van der Waals surface area contributed by atoms with Crippen LogP contribution in [0.4, 0.5) is 0 Å². The van der Waals surface area contributed by atoms with Gasteiger partial charge in [0.25, 0.3) is 0 Å². The molecule has 24 heavy (non-hydrogen) atoms. The quantitative estimate of drug-likeness (QED) is 0.224. The second kappa shape index (κ2) is 16.3. The minimum atomic E-state index is -1.75. The molecule has 0 amide bonds. The lowest BCUT2D eigenvalue weighted by Crippen LogP contribution is -2.30. The molecule has 6 nitrogen and oxygen atoms in total. The third-order valence-electron chi connectivity index (χ3n) is 4.09. The lowest BCUT2D eigenvalue weighted by Gasteiger charge is -2.02. The average molecular weight is 341 g/mol. The maximum atomic E-state index is 8.25. The van der Waals surface area contributed by atoms with Crippen molar-refractivity contribution in [2.45, 2.75) is 90.5 Å². The molecule has 0 aliphatic carbocycles. The van der Waals surface area contributed by atoms with Crippen LogP contribution in [0.2, 0.25) is 0 Å². The van der Waals surface area contributed by atoms with E-state index in [1.165, 1.54) is 83.6 Å². The number of unbranched alkanes of at least 4 members (excludes halogenated alkanes) is 11. The number of nitrogens with zero attached hydrogens (tertiary/aromatic N) is 3. The van der Waals surface area contributed by atoms with Crippen molar-refractivity contribution in [2.75, 3.05) is 0 Å². The first-order valence-electron chi connectivity index (χ1n) is 9.38. The first kappa shape index (κ1) is 22.4. The molecule has 6 heteroatoms. The van der Waals surface area contributed by atoms with Crippen LogP contribution >= 0.6 is 0 Å². The highest BCUT2D eigenvalue weighted by molar-refractivity contribution is 4.61. The van der Waals surface area contributed by atoms with Gasteiger partial charge in [-0.2, -0.15) is 0 Å². The summed E-state index contributed by atoms with van der Waals surface area (Å²) in [4.78, 5) is 8.25. The van der Waals surface area contributed by atoms with Crippen molar-refractivity contribution in [3.63, 3.8) is 0 Å². The number of imidazole rings is 1. The minimum absolute atomic E-state index is 1.18. The molecule has 140 valence electrons. The number of rotatable bonds is 13. The van der Waals surface area contributed by atoms with E-state index in [0.29, 0.717) is 0 Å². The molecular weight excluding hydrogens is 306 g/mol. The Bertz CT molecular complexity index is 404. The number of hydrogen-bond donors (Lipinski definition) is 0. The van der Waals surface area contributed by atoms with Crippen molar-refractivity contribution in [1.82, 2.24) is 4.57 Å². The Kier molecular flexibility index (Phi) is 15.2. The fourth-order valence-electron chi connectivity index (χ4n) is 2.77. The van der Waals surface area contributed by atoms with Crippen molar-refractivity contribution < 1.29 is 9.65 Å². The third-order valence-corrected chi connectivity index (χ3v) is 4.09. The Labute approximate surface area is 146 Å². The van der Waals surface area contributed by atoms with Gasteiger partial charge in [-0.15, -0.1) is 0 Å². The summed E-state index contributed by atoms with van der Waals surface area (Å²) in [7, 11) is 2.08. The van der Waals surface area contributed by atoms with E-state index in [1.54, 1.807) is 0 Å². The topological polar surface area (TPSA) is 75.0 Å². The van der Waals surface area contributed by atoms with Gasteiger partial charge in [-0.25, -0.2) is 9.13 Å². The second-order valence-corrected chi connectivity index (χ2v) is 6.43. The summed E-state index contributed by atoms with van der Waals surface area (Å²) in [5.41, 5.74) is 0. The van der Waals surface area contributed by atoms with Crippen LogP contribution in [0.15, 0.2) is 18.7 Å². The molecule has 0 aliphatic heterocycles. The molecule has 0 N–H and O–H groups in total. The summed E-state index contributed by atoms with van der Waals surface area (Å²) < 4.78 is 4.40. The zero-order valence-corrected chi connectivity index (χ0v) is 15.5. The van der Waals surface area contributed by atoms with Gasteiger partial charge in [0, 0.05) is 0 Å². The molecule has 0 aromatic carbocycles. The van der Waals surface area contributed by atoms with Crippen LogP contribution in [0.3, 0.4) is 0 Å². The van der Waals surface area contributed by atoms with Crippen molar-refractivity contribution in [3.05, 3.63) is 34.0 Å². The Morgan fingerprint density at radius 1 is 0.875 bits per heavy atom. The minimum Gasteiger partial charge on any atom is -0.356 e. The molecule has 1 rings (SSSR count). The normalized spacial score (nSPS) is 10.2. The van der Waals surface area contributed by atoms with Gasteiger partial charge < -0.3 is 15.3 Å². The van der Waals surface area contributed by atoms with Crippen molar-refractivity contribution in [3.8, 4) is 0 Å². The van der Waals surface area contributed by atoms with E-state index in [4.69, 9.17) is 15.3 Å². The summed E-state index contributed by atoms with van der Waals surface area (Å²) in [6, 6.07) is 0. The molecule has 1 aromatic heterocycles. The Morgan fingerprint density at radius 2 is 1.29 bits per heavy atom. The smallest absolute Gasteiger partial charge is 0.243 e. The van der Waals surface area contributed by atoms with E-state index in [-0.39, 0.29) is 0 Å². The van der Waals surface area contributed by atoms with Gasteiger partial charge >= 0.3 is 0 Å². The van der Waals surface area contributed by atoms with E-state index in [9.17, 15) is 0 Å². The summed E-state index contributed by atoms with van der Waals surface area (Å²) in [6.07, 6.45) is 23.6. The van der Waals surface area contributed by atoms with Gasteiger partial charge in [0.15, 0.2) is 0 Å². The summed E-state index contributed by atoms with van der Waals surface area (Å²) >= 11 is 0. The monoisotopic (exact) mass is 341 g/mol. The highest BCUT2D eigenvalue weighted by Crippen LogP contribution is 2.11. The van der Waals surface area contributed by atoms with Crippen molar-refractivity contribution in [1.29, 1.82) is 0 Å². The zero-order chi connectivity index (χ0) is 18.0. The van der Waals surface area contributed by atoms with Crippen LogP contribution in [0.25, 0.3) is 0 Å². The summed E-state index contributed by atoms with van der Waals surface area (Å²) in [5, 5.41) is 14.8. The number of aryl methyl sites for hydroxylation is 2. The number of aromatic nitrogens is 2. The highest BCUT2D eigenvalue weighted by atomic mass is 16.9. The van der Waals surface area contributed by atoms with Crippen LogP contribution in [0, 0.1) is 15.3 Å². The molecule has 1 aromatic rings. The summed E-state index contributed by atoms with van der Waals surface area (Å²) in [6.45, 7) is 3.47. The fourth-order valence-corrected chi connectivity index (χ4v) is 2.77. The van der Waals surface area contributed by atoms with Crippen LogP contribution in [-0.2, 0) is 13.6 Å². The average Bonchev–Trinajstić information content (AvgIpc) is 2.93. The molecule has 0 unspecified atom stereocenters. The van der Waals surface area contributed by atoms with Crippen LogP contribution < -0.4 is 4.57 Å². The summed E-state index contributed by atoms with van der Waals surface area (Å²) in [5.74, 6) is 0. The van der Waals surface area contributed by atoms with Gasteiger partial charge in [-0.1, -0.05) is 71.1 Å². The predicted octanol–water partition coefficient (Wildman–Crippen LogP) is 4.77. The maximum Gasteiger partial charge on any atom is 0.243 e. The van der Waals surface area contributed by atoms with Gasteiger partial charge in [0.2, 0.25) is 6.33 Å². The van der Waals surface area contributed by atoms with E-state index in [2.05, 4.69) is 41.8 Å². The zero-order valence-electron chi connectivity index (χ0n) is 15.5. The number of hydrogen-bond acceptors (Lipinski definition) is 3. The van der Waals surface area contributed by atoms with Gasteiger partial charge in [-0.3, -0.25) is 0 Å². The van der Waals surface area contributed by atoms with Crippen molar-refractivity contribution in [2.24, 2.45) is 7.05 Å². The van der Waals surface area contributed by atoms with E-state index in [1.807, 2.05) is 0 Å². The lowest BCUT2D eigenvalue weighted by atomic mass is 10.1. The molecule has 0 atom stereocenters. The van der Waals surface area contributed by atoms with Gasteiger partial charge in [-0.05, 0) is 12.8 Å². The Hall–Kier alpha value is -1.59. The Balaban J connectivity index is 0.00000118. The highest BCUT2D eigenvalue weighted by Gasteiger charge is 1.99. The molecule has 1 heterocycles. The van der Waals surface area contributed by atoms with E-state index < -0.39 is 5.09 Å². The standard InChI is InChI=1S/C18H35N2.NO3/c1-3-4-5-6-7-8-9-10-11-12-13-14-15-20-17-16-19(2)18-20;2-1(3)4/h16-18H,3-15H2,1-2H3;/q+1;-1. The van der Waals surface area contributed by atoms with Crippen LogP contribution in [-0.4, -0.2) is 9.65 Å². The van der Waals surface area contributed by atoms with Crippen LogP contribution in [0.5, 0.6) is 0 Å². The van der Waals surface area contributed by atoms with Crippen LogP contribution in [0.1, 0.15) is 84.0 Å². The molecule has 0 bridgehead atoms. The van der Waals surface area contributed by atoms with Crippen molar-refractivity contribution >= 4 is 0 Å². The SMILES string of the molecule is CCCCCCCCCCCCCC[n+]1ccn(C)c1.O=[N+]([O-])[O-]. The molecule has 0 radical (unpaired) electrons. The largest absolute Gasteiger partial charge is 0.356 e. The first-order valence-corrected chi connectivity index (χ1v) is 9.38. The lowest BCUT2D eigenvalue weighted by molar-refractivity contribution is -0.696. The second-order valence-electron chi connectivity index (χ2n) is 6.43. The molecular formula is C18H35N3O3. The third kappa shape index (κ3) is 16.8. The molecule has 0 fully saturated rings. The van der Waals surface area contributed by atoms with E-state index in [0.717, 1.165) is 0 Å². The van der Waals surface area contributed by atoms with E-state index >= 15 is 0 Å². The fraction of sp³-hybridized carbons (Fsp3) is 0.833. The molecule has 0 spiro atoms. The van der Waals surface area contributed by atoms with Gasteiger partial charge in [0.1, 0.15) is 12.4 Å². The molecule has 0 aliphatic rings. The maximum absolute atomic E-state index is 8.25.